The zero-order valence-corrected chi connectivity index (χ0v) is 13.2. The first-order chi connectivity index (χ1) is 9.42. The minimum atomic E-state index is -4.12. The molecule has 1 unspecified atom stereocenters. The third kappa shape index (κ3) is 3.61. The average Bonchev–Trinajstić information content (AvgIpc) is 2.55. The average molecular weight is 306 g/mol. The molecule has 0 bridgehead atoms. The molecule has 2 rings (SSSR count). The smallest absolute Gasteiger partial charge is 0.369 e. The first-order valence-corrected chi connectivity index (χ1v) is 7.73. The van der Waals surface area contributed by atoms with Gasteiger partial charge in [0.1, 0.15) is 5.78 Å². The Morgan fingerprint density at radius 1 is 1.05 bits per heavy atom. The van der Waals surface area contributed by atoms with Crippen molar-refractivity contribution in [2.75, 3.05) is 0 Å². The quantitative estimate of drug-likeness (QED) is 0.750. The van der Waals surface area contributed by atoms with E-state index in [-0.39, 0.29) is 36.1 Å². The van der Waals surface area contributed by atoms with Crippen molar-refractivity contribution in [1.82, 2.24) is 0 Å². The molecule has 1 aliphatic heterocycles. The van der Waals surface area contributed by atoms with E-state index in [1.54, 1.807) is 0 Å². The van der Waals surface area contributed by atoms with Crippen LogP contribution in [0.3, 0.4) is 0 Å². The number of carbonyl (C=O) groups is 1. The van der Waals surface area contributed by atoms with Crippen LogP contribution in [0, 0.1) is 17.8 Å². The summed E-state index contributed by atoms with van der Waals surface area (Å²) in [5.41, 5.74) is -0.867. The Morgan fingerprint density at radius 3 is 1.95 bits per heavy atom. The minimum Gasteiger partial charge on any atom is -0.369 e. The molecule has 21 heavy (non-hydrogen) atoms. The van der Waals surface area contributed by atoms with Crippen LogP contribution in [0.5, 0.6) is 0 Å². The molecule has 2 nitrogen and oxygen atoms in total. The van der Waals surface area contributed by atoms with Gasteiger partial charge in [0.25, 0.3) is 0 Å². The lowest BCUT2D eigenvalue weighted by molar-refractivity contribution is -0.185. The first kappa shape index (κ1) is 16.8. The number of hydrogen-bond donors (Lipinski definition) is 0. The van der Waals surface area contributed by atoms with Crippen molar-refractivity contribution in [2.45, 2.75) is 77.2 Å². The Bertz CT molecular complexity index is 404. The van der Waals surface area contributed by atoms with E-state index in [9.17, 15) is 18.0 Å². The number of rotatable bonds is 2. The van der Waals surface area contributed by atoms with Crippen molar-refractivity contribution >= 4 is 5.78 Å². The molecule has 1 heterocycles. The molecule has 5 heteroatoms. The van der Waals surface area contributed by atoms with E-state index in [0.29, 0.717) is 19.3 Å². The van der Waals surface area contributed by atoms with Gasteiger partial charge in [0.15, 0.2) is 0 Å². The van der Waals surface area contributed by atoms with E-state index in [4.69, 9.17) is 4.74 Å². The minimum absolute atomic E-state index is 0.0807. The Labute approximate surface area is 124 Å². The maximum absolute atomic E-state index is 12.7. The largest absolute Gasteiger partial charge is 0.391 e. The van der Waals surface area contributed by atoms with Crippen molar-refractivity contribution in [3.63, 3.8) is 0 Å². The summed E-state index contributed by atoms with van der Waals surface area (Å²) in [5, 5.41) is 0. The molecule has 1 aliphatic carbocycles. The van der Waals surface area contributed by atoms with Gasteiger partial charge in [-0.15, -0.1) is 0 Å². The molecule has 0 aromatic rings. The molecule has 0 aromatic carbocycles. The van der Waals surface area contributed by atoms with Gasteiger partial charge in [-0.05, 0) is 59.8 Å². The number of hydrogen-bond acceptors (Lipinski definition) is 2. The van der Waals surface area contributed by atoms with E-state index in [2.05, 4.69) is 0 Å². The van der Waals surface area contributed by atoms with Gasteiger partial charge in [0.05, 0.1) is 17.1 Å². The van der Waals surface area contributed by atoms with E-state index in [0.717, 1.165) is 0 Å². The van der Waals surface area contributed by atoms with Crippen LogP contribution in [-0.2, 0) is 9.53 Å². The summed E-state index contributed by atoms with van der Waals surface area (Å²) in [7, 11) is 0. The van der Waals surface area contributed by atoms with Crippen LogP contribution in [0.1, 0.15) is 59.8 Å². The van der Waals surface area contributed by atoms with Crippen molar-refractivity contribution in [2.24, 2.45) is 17.8 Å². The standard InChI is InChI=1S/C16H25F3O2/c1-14(2)9-12(15(3,4)21-14)13(20)10-5-7-11(8-6-10)16(17,18)19/h10-12H,5-9H2,1-4H3. The Kier molecular flexibility index (Phi) is 4.20. The second-order valence-electron chi connectivity index (χ2n) is 7.71. The highest BCUT2D eigenvalue weighted by Gasteiger charge is 2.51. The molecule has 0 N–H and O–H groups in total. The maximum atomic E-state index is 12.7. The van der Waals surface area contributed by atoms with E-state index in [1.165, 1.54) is 0 Å². The van der Waals surface area contributed by atoms with Crippen molar-refractivity contribution in [1.29, 1.82) is 0 Å². The summed E-state index contributed by atoms with van der Waals surface area (Å²) in [6.45, 7) is 7.74. The summed E-state index contributed by atoms with van der Waals surface area (Å²) < 4.78 is 44.0. The molecular weight excluding hydrogens is 281 g/mol. The van der Waals surface area contributed by atoms with Crippen molar-refractivity contribution < 1.29 is 22.7 Å². The van der Waals surface area contributed by atoms with E-state index in [1.807, 2.05) is 27.7 Å². The van der Waals surface area contributed by atoms with Gasteiger partial charge in [0.2, 0.25) is 0 Å². The van der Waals surface area contributed by atoms with Crippen LogP contribution >= 0.6 is 0 Å². The number of ether oxygens (including phenoxy) is 1. The second kappa shape index (κ2) is 5.25. The second-order valence-corrected chi connectivity index (χ2v) is 7.71. The zero-order chi connectivity index (χ0) is 16.1. The van der Waals surface area contributed by atoms with E-state index < -0.39 is 17.7 Å². The summed E-state index contributed by atoms with van der Waals surface area (Å²) in [6, 6.07) is 0. The van der Waals surface area contributed by atoms with Gasteiger partial charge in [-0.2, -0.15) is 13.2 Å². The Balaban J connectivity index is 2.00. The third-order valence-electron chi connectivity index (χ3n) is 5.01. The lowest BCUT2D eigenvalue weighted by atomic mass is 9.73. The highest BCUT2D eigenvalue weighted by atomic mass is 19.4. The summed E-state index contributed by atoms with van der Waals surface area (Å²) in [5.74, 6) is -1.57. The Morgan fingerprint density at radius 2 is 1.57 bits per heavy atom. The molecule has 0 spiro atoms. The van der Waals surface area contributed by atoms with Gasteiger partial charge in [0, 0.05) is 11.8 Å². The third-order valence-corrected chi connectivity index (χ3v) is 5.01. The first-order valence-electron chi connectivity index (χ1n) is 7.73. The van der Waals surface area contributed by atoms with Gasteiger partial charge in [-0.1, -0.05) is 0 Å². The summed E-state index contributed by atoms with van der Waals surface area (Å²) >= 11 is 0. The van der Waals surface area contributed by atoms with Crippen molar-refractivity contribution in [3.05, 3.63) is 0 Å². The molecule has 0 aromatic heterocycles. The molecule has 0 amide bonds. The maximum Gasteiger partial charge on any atom is 0.391 e. The number of carbonyl (C=O) groups excluding carboxylic acids is 1. The van der Waals surface area contributed by atoms with Gasteiger partial charge in [-0.3, -0.25) is 4.79 Å². The SMILES string of the molecule is CC1(C)CC(C(=O)C2CCC(C(F)(F)F)CC2)C(C)(C)O1. The molecule has 1 saturated heterocycles. The molecule has 122 valence electrons. The predicted octanol–water partition coefficient (Wildman–Crippen LogP) is 4.52. The van der Waals surface area contributed by atoms with Crippen LogP contribution in [0.2, 0.25) is 0 Å². The molecular formula is C16H25F3O2. The number of ketones is 1. The number of halogens is 3. The molecule has 2 aliphatic rings. The van der Waals surface area contributed by atoms with Crippen LogP contribution in [0.15, 0.2) is 0 Å². The monoisotopic (exact) mass is 306 g/mol. The van der Waals surface area contributed by atoms with Crippen molar-refractivity contribution in [3.8, 4) is 0 Å². The van der Waals surface area contributed by atoms with Crippen LogP contribution in [0.4, 0.5) is 13.2 Å². The van der Waals surface area contributed by atoms with Gasteiger partial charge >= 0.3 is 6.18 Å². The zero-order valence-electron chi connectivity index (χ0n) is 13.2. The fraction of sp³-hybridized carbons (Fsp3) is 0.938. The van der Waals surface area contributed by atoms with Gasteiger partial charge < -0.3 is 4.74 Å². The molecule has 2 fully saturated rings. The lowest BCUT2D eigenvalue weighted by Crippen LogP contribution is -2.39. The van der Waals surface area contributed by atoms with Gasteiger partial charge in [-0.25, -0.2) is 0 Å². The highest BCUT2D eigenvalue weighted by Crippen LogP contribution is 2.46. The Hall–Kier alpha value is -0.580. The van der Waals surface area contributed by atoms with Crippen LogP contribution < -0.4 is 0 Å². The molecule has 1 saturated carbocycles. The van der Waals surface area contributed by atoms with Crippen LogP contribution in [0.25, 0.3) is 0 Å². The van der Waals surface area contributed by atoms with E-state index >= 15 is 0 Å². The van der Waals surface area contributed by atoms with Crippen LogP contribution in [-0.4, -0.2) is 23.2 Å². The number of alkyl halides is 3. The normalized spacial score (nSPS) is 35.7. The highest BCUT2D eigenvalue weighted by molar-refractivity contribution is 5.85. The summed E-state index contributed by atoms with van der Waals surface area (Å²) in [4.78, 5) is 12.7. The summed E-state index contributed by atoms with van der Waals surface area (Å²) in [6.07, 6.45) is -2.59. The molecule has 1 atom stereocenters. The fourth-order valence-corrected chi connectivity index (χ4v) is 4.00. The lowest BCUT2D eigenvalue weighted by Gasteiger charge is -2.33. The fourth-order valence-electron chi connectivity index (χ4n) is 4.00. The topological polar surface area (TPSA) is 26.3 Å². The molecule has 0 radical (unpaired) electrons. The predicted molar refractivity (Wildman–Crippen MR) is 73.9 cm³/mol. The number of Topliss-reactive ketones (excluding diaryl/α,β-unsaturated/α-hetero) is 1.